The highest BCUT2D eigenvalue weighted by atomic mass is 16.2. The minimum atomic E-state index is 0.268. The van der Waals surface area contributed by atoms with Crippen LogP contribution in [0.3, 0.4) is 0 Å². The molecule has 0 aromatic heterocycles. The summed E-state index contributed by atoms with van der Waals surface area (Å²) in [7, 11) is 0. The standard InChI is InChI=1S/C20H23NO/c1-16-8-5-6-11-18(16)19-12-7-15-21(19)20(22)14-13-17-9-3-2-4-10-17/h2-6,8-11,19H,7,12-15H2,1H3/t19-/m1/s1. The van der Waals surface area contributed by atoms with Gasteiger partial charge in [-0.05, 0) is 42.9 Å². The summed E-state index contributed by atoms with van der Waals surface area (Å²) in [5.41, 5.74) is 3.84. The predicted octanol–water partition coefficient (Wildman–Crippen LogP) is 4.29. The highest BCUT2D eigenvalue weighted by Gasteiger charge is 2.30. The van der Waals surface area contributed by atoms with Gasteiger partial charge in [0.25, 0.3) is 0 Å². The first-order valence-electron chi connectivity index (χ1n) is 8.14. The van der Waals surface area contributed by atoms with E-state index in [0.29, 0.717) is 6.42 Å². The van der Waals surface area contributed by atoms with Crippen LogP contribution in [0.25, 0.3) is 0 Å². The molecule has 1 saturated heterocycles. The average molecular weight is 293 g/mol. The minimum Gasteiger partial charge on any atom is -0.336 e. The normalized spacial score (nSPS) is 17.7. The van der Waals surface area contributed by atoms with Crippen LogP contribution < -0.4 is 0 Å². The van der Waals surface area contributed by atoms with Gasteiger partial charge in [0.1, 0.15) is 0 Å². The van der Waals surface area contributed by atoms with Crippen LogP contribution in [0, 0.1) is 6.92 Å². The lowest BCUT2D eigenvalue weighted by atomic mass is 9.99. The van der Waals surface area contributed by atoms with Crippen molar-refractivity contribution in [3.05, 3.63) is 71.3 Å². The summed E-state index contributed by atoms with van der Waals surface area (Å²) in [5, 5.41) is 0. The zero-order chi connectivity index (χ0) is 15.4. The molecule has 0 N–H and O–H groups in total. The summed E-state index contributed by atoms with van der Waals surface area (Å²) in [4.78, 5) is 14.7. The number of hydrogen-bond donors (Lipinski definition) is 0. The molecule has 1 atom stereocenters. The fourth-order valence-corrected chi connectivity index (χ4v) is 3.39. The van der Waals surface area contributed by atoms with E-state index < -0.39 is 0 Å². The van der Waals surface area contributed by atoms with Crippen molar-refractivity contribution in [3.63, 3.8) is 0 Å². The molecule has 1 aliphatic heterocycles. The zero-order valence-corrected chi connectivity index (χ0v) is 13.2. The van der Waals surface area contributed by atoms with Gasteiger partial charge in [0.15, 0.2) is 0 Å². The molecular weight excluding hydrogens is 270 g/mol. The fraction of sp³-hybridized carbons (Fsp3) is 0.350. The van der Waals surface area contributed by atoms with Gasteiger partial charge < -0.3 is 4.90 Å². The maximum absolute atomic E-state index is 12.6. The number of aryl methyl sites for hydroxylation is 2. The molecule has 0 bridgehead atoms. The second-order valence-electron chi connectivity index (χ2n) is 6.09. The lowest BCUT2D eigenvalue weighted by Gasteiger charge is -2.26. The van der Waals surface area contributed by atoms with Gasteiger partial charge in [-0.15, -0.1) is 0 Å². The Morgan fingerprint density at radius 3 is 2.59 bits per heavy atom. The van der Waals surface area contributed by atoms with Crippen molar-refractivity contribution in [1.29, 1.82) is 0 Å². The van der Waals surface area contributed by atoms with Crippen LogP contribution in [0.4, 0.5) is 0 Å². The molecule has 114 valence electrons. The van der Waals surface area contributed by atoms with Gasteiger partial charge in [0.2, 0.25) is 5.91 Å². The molecule has 2 heteroatoms. The van der Waals surface area contributed by atoms with Crippen LogP contribution >= 0.6 is 0 Å². The van der Waals surface area contributed by atoms with Gasteiger partial charge in [-0.2, -0.15) is 0 Å². The SMILES string of the molecule is Cc1ccccc1[C@H]1CCCN1C(=O)CCc1ccccc1. The Morgan fingerprint density at radius 2 is 1.82 bits per heavy atom. The number of hydrogen-bond acceptors (Lipinski definition) is 1. The zero-order valence-electron chi connectivity index (χ0n) is 13.2. The third-order valence-electron chi connectivity index (χ3n) is 4.59. The summed E-state index contributed by atoms with van der Waals surface area (Å²) in [5.74, 6) is 0.287. The van der Waals surface area contributed by atoms with E-state index in [4.69, 9.17) is 0 Å². The van der Waals surface area contributed by atoms with Gasteiger partial charge in [0, 0.05) is 13.0 Å². The number of nitrogens with zero attached hydrogens (tertiary/aromatic N) is 1. The second kappa shape index (κ2) is 6.78. The second-order valence-corrected chi connectivity index (χ2v) is 6.09. The Labute approximate surface area is 132 Å². The van der Waals surface area contributed by atoms with E-state index in [1.54, 1.807) is 0 Å². The van der Waals surface area contributed by atoms with Gasteiger partial charge in [-0.25, -0.2) is 0 Å². The van der Waals surface area contributed by atoms with Gasteiger partial charge in [-0.3, -0.25) is 4.79 Å². The Bertz CT molecular complexity index is 635. The first-order chi connectivity index (χ1) is 10.8. The van der Waals surface area contributed by atoms with Crippen LogP contribution in [-0.2, 0) is 11.2 Å². The van der Waals surface area contributed by atoms with Crippen molar-refractivity contribution < 1.29 is 4.79 Å². The van der Waals surface area contributed by atoms with Gasteiger partial charge in [-0.1, -0.05) is 54.6 Å². The minimum absolute atomic E-state index is 0.268. The first kappa shape index (κ1) is 14.8. The largest absolute Gasteiger partial charge is 0.336 e. The Hall–Kier alpha value is -2.09. The van der Waals surface area contributed by atoms with Gasteiger partial charge >= 0.3 is 0 Å². The van der Waals surface area contributed by atoms with E-state index >= 15 is 0 Å². The van der Waals surface area contributed by atoms with Crippen LogP contribution in [0.2, 0.25) is 0 Å². The smallest absolute Gasteiger partial charge is 0.223 e. The van der Waals surface area contributed by atoms with E-state index in [-0.39, 0.29) is 11.9 Å². The monoisotopic (exact) mass is 293 g/mol. The molecule has 0 radical (unpaired) electrons. The molecule has 1 amide bonds. The summed E-state index contributed by atoms with van der Waals surface area (Å²) in [6.45, 7) is 3.03. The van der Waals surface area contributed by atoms with E-state index in [1.807, 2.05) is 18.2 Å². The van der Waals surface area contributed by atoms with Crippen LogP contribution in [0.15, 0.2) is 54.6 Å². The highest BCUT2D eigenvalue weighted by molar-refractivity contribution is 5.77. The van der Waals surface area contributed by atoms with Crippen molar-refractivity contribution in [2.75, 3.05) is 6.54 Å². The maximum atomic E-state index is 12.6. The molecule has 0 spiro atoms. The number of amides is 1. The molecular formula is C20H23NO. The molecule has 0 unspecified atom stereocenters. The van der Waals surface area contributed by atoms with Crippen molar-refractivity contribution in [3.8, 4) is 0 Å². The molecule has 3 rings (SSSR count). The molecule has 2 nitrogen and oxygen atoms in total. The van der Waals surface area contributed by atoms with Crippen LogP contribution in [-0.4, -0.2) is 17.4 Å². The number of benzene rings is 2. The van der Waals surface area contributed by atoms with Crippen molar-refractivity contribution in [2.45, 2.75) is 38.6 Å². The van der Waals surface area contributed by atoms with Gasteiger partial charge in [0.05, 0.1) is 6.04 Å². The summed E-state index contributed by atoms with van der Waals surface area (Å²) >= 11 is 0. The molecule has 2 aromatic rings. The van der Waals surface area contributed by atoms with Crippen LogP contribution in [0.5, 0.6) is 0 Å². The molecule has 1 fully saturated rings. The van der Waals surface area contributed by atoms with Crippen molar-refractivity contribution >= 4 is 5.91 Å². The highest BCUT2D eigenvalue weighted by Crippen LogP contribution is 2.34. The van der Waals surface area contributed by atoms with E-state index in [2.05, 4.69) is 48.2 Å². The fourth-order valence-electron chi connectivity index (χ4n) is 3.39. The number of rotatable bonds is 4. The molecule has 22 heavy (non-hydrogen) atoms. The molecule has 0 aliphatic carbocycles. The number of likely N-dealkylation sites (tertiary alicyclic amines) is 1. The van der Waals surface area contributed by atoms with Crippen molar-refractivity contribution in [2.24, 2.45) is 0 Å². The average Bonchev–Trinajstić information content (AvgIpc) is 3.03. The topological polar surface area (TPSA) is 20.3 Å². The predicted molar refractivity (Wildman–Crippen MR) is 89.6 cm³/mol. The molecule has 1 aliphatic rings. The van der Waals surface area contributed by atoms with Crippen molar-refractivity contribution in [1.82, 2.24) is 4.90 Å². The van der Waals surface area contributed by atoms with E-state index in [0.717, 1.165) is 25.8 Å². The van der Waals surface area contributed by atoms with Crippen LogP contribution in [0.1, 0.15) is 42.0 Å². The Balaban J connectivity index is 1.68. The third kappa shape index (κ3) is 3.22. The third-order valence-corrected chi connectivity index (χ3v) is 4.59. The van der Waals surface area contributed by atoms with E-state index in [1.165, 1.54) is 16.7 Å². The number of carbonyl (C=O) groups excluding carboxylic acids is 1. The lowest BCUT2D eigenvalue weighted by molar-refractivity contribution is -0.132. The number of carbonyl (C=O) groups is 1. The first-order valence-corrected chi connectivity index (χ1v) is 8.14. The Morgan fingerprint density at radius 1 is 1.09 bits per heavy atom. The quantitative estimate of drug-likeness (QED) is 0.823. The molecule has 2 aromatic carbocycles. The lowest BCUT2D eigenvalue weighted by Crippen LogP contribution is -2.31. The summed E-state index contributed by atoms with van der Waals surface area (Å²) in [6, 6.07) is 19.0. The molecule has 1 heterocycles. The Kier molecular flexibility index (Phi) is 4.57. The molecule has 0 saturated carbocycles. The van der Waals surface area contributed by atoms with E-state index in [9.17, 15) is 4.79 Å². The summed E-state index contributed by atoms with van der Waals surface area (Å²) < 4.78 is 0. The summed E-state index contributed by atoms with van der Waals surface area (Å²) in [6.07, 6.45) is 3.63. The maximum Gasteiger partial charge on any atom is 0.223 e.